The summed E-state index contributed by atoms with van der Waals surface area (Å²) >= 11 is 0. The van der Waals surface area contributed by atoms with Crippen LogP contribution in [0.15, 0.2) is 89.8 Å². The standard InChI is InChI=1S/C22H21N3O5S/c1-23(16-18-8-4-2-5-9-18)22(26)17-24(19-12-14-20(15-13-19)25(27)28)31(29,30)21-10-6-3-7-11-21/h2-15H,16-17H2,1H3. The Kier molecular flexibility index (Phi) is 6.66. The van der Waals surface area contributed by atoms with Crippen LogP contribution < -0.4 is 4.31 Å². The number of rotatable bonds is 8. The molecule has 0 unspecified atom stereocenters. The third-order valence-corrected chi connectivity index (χ3v) is 6.43. The molecule has 0 aromatic heterocycles. The van der Waals surface area contributed by atoms with Crippen molar-refractivity contribution in [2.75, 3.05) is 17.9 Å². The van der Waals surface area contributed by atoms with Crippen LogP contribution in [-0.4, -0.2) is 37.7 Å². The number of nitrogens with zero attached hydrogens (tertiary/aromatic N) is 3. The van der Waals surface area contributed by atoms with Crippen LogP contribution in [-0.2, 0) is 21.4 Å². The molecule has 3 rings (SSSR count). The summed E-state index contributed by atoms with van der Waals surface area (Å²) in [5.41, 5.74) is 0.899. The highest BCUT2D eigenvalue weighted by molar-refractivity contribution is 7.92. The Labute approximate surface area is 180 Å². The second kappa shape index (κ2) is 9.40. The molecule has 0 aliphatic heterocycles. The molecule has 0 radical (unpaired) electrons. The molecule has 31 heavy (non-hydrogen) atoms. The van der Waals surface area contributed by atoms with Gasteiger partial charge in [-0.2, -0.15) is 0 Å². The van der Waals surface area contributed by atoms with Crippen LogP contribution in [0.3, 0.4) is 0 Å². The van der Waals surface area contributed by atoms with Crippen molar-refractivity contribution in [1.82, 2.24) is 4.90 Å². The molecular weight excluding hydrogens is 418 g/mol. The highest BCUT2D eigenvalue weighted by Crippen LogP contribution is 2.26. The molecule has 0 atom stereocenters. The van der Waals surface area contributed by atoms with E-state index in [4.69, 9.17) is 0 Å². The lowest BCUT2D eigenvalue weighted by atomic mass is 10.2. The lowest BCUT2D eigenvalue weighted by molar-refractivity contribution is -0.384. The average Bonchev–Trinajstić information content (AvgIpc) is 2.78. The van der Waals surface area contributed by atoms with Crippen molar-refractivity contribution in [2.24, 2.45) is 0 Å². The predicted octanol–water partition coefficient (Wildman–Crippen LogP) is 3.45. The molecule has 0 spiro atoms. The molecule has 0 N–H and O–H groups in total. The molecule has 0 saturated carbocycles. The largest absolute Gasteiger partial charge is 0.340 e. The van der Waals surface area contributed by atoms with Crippen LogP contribution in [0.1, 0.15) is 5.56 Å². The number of nitro groups is 1. The molecule has 0 aliphatic rings. The van der Waals surface area contributed by atoms with Gasteiger partial charge in [-0.05, 0) is 29.8 Å². The first-order valence-electron chi connectivity index (χ1n) is 9.39. The zero-order valence-corrected chi connectivity index (χ0v) is 17.6. The SMILES string of the molecule is CN(Cc1ccccc1)C(=O)CN(c1ccc([N+](=O)[O-])cc1)S(=O)(=O)c1ccccc1. The Morgan fingerprint density at radius 3 is 2.00 bits per heavy atom. The zero-order valence-electron chi connectivity index (χ0n) is 16.8. The van der Waals surface area contributed by atoms with Gasteiger partial charge in [-0.25, -0.2) is 8.42 Å². The number of carbonyl (C=O) groups excluding carboxylic acids is 1. The van der Waals surface area contributed by atoms with Crippen molar-refractivity contribution in [3.63, 3.8) is 0 Å². The van der Waals surface area contributed by atoms with Crippen LogP contribution in [0.5, 0.6) is 0 Å². The molecule has 0 heterocycles. The number of carbonyl (C=O) groups is 1. The number of nitro benzene ring substituents is 1. The van der Waals surface area contributed by atoms with Crippen LogP contribution in [0.2, 0.25) is 0 Å². The van der Waals surface area contributed by atoms with Gasteiger partial charge in [0.25, 0.3) is 15.7 Å². The first kappa shape index (κ1) is 22.0. The van der Waals surface area contributed by atoms with Crippen molar-refractivity contribution in [1.29, 1.82) is 0 Å². The number of hydrogen-bond acceptors (Lipinski definition) is 5. The molecule has 0 fully saturated rings. The summed E-state index contributed by atoms with van der Waals surface area (Å²) in [4.78, 5) is 24.7. The summed E-state index contributed by atoms with van der Waals surface area (Å²) in [7, 11) is -2.48. The van der Waals surface area contributed by atoms with E-state index in [9.17, 15) is 23.3 Å². The van der Waals surface area contributed by atoms with Gasteiger partial charge >= 0.3 is 0 Å². The van der Waals surface area contributed by atoms with Crippen molar-refractivity contribution in [3.8, 4) is 0 Å². The van der Waals surface area contributed by atoms with Gasteiger partial charge in [0.2, 0.25) is 5.91 Å². The second-order valence-corrected chi connectivity index (χ2v) is 8.70. The average molecular weight is 439 g/mol. The predicted molar refractivity (Wildman–Crippen MR) is 117 cm³/mol. The van der Waals surface area contributed by atoms with Crippen molar-refractivity contribution in [2.45, 2.75) is 11.4 Å². The van der Waals surface area contributed by atoms with Gasteiger partial charge in [0.15, 0.2) is 0 Å². The van der Waals surface area contributed by atoms with Gasteiger partial charge in [0.1, 0.15) is 6.54 Å². The third kappa shape index (κ3) is 5.26. The summed E-state index contributed by atoms with van der Waals surface area (Å²) in [6.45, 7) is -0.127. The number of hydrogen-bond donors (Lipinski definition) is 0. The minimum absolute atomic E-state index is 0.0202. The highest BCUT2D eigenvalue weighted by atomic mass is 32.2. The Bertz CT molecular complexity index is 1150. The molecule has 9 heteroatoms. The van der Waals surface area contributed by atoms with E-state index in [1.54, 1.807) is 25.2 Å². The molecule has 1 amide bonds. The fourth-order valence-corrected chi connectivity index (χ4v) is 4.40. The molecule has 0 bridgehead atoms. The maximum Gasteiger partial charge on any atom is 0.269 e. The van der Waals surface area contributed by atoms with Gasteiger partial charge < -0.3 is 4.90 Å². The highest BCUT2D eigenvalue weighted by Gasteiger charge is 2.28. The molecule has 0 aliphatic carbocycles. The second-order valence-electron chi connectivity index (χ2n) is 6.83. The van der Waals surface area contributed by atoms with Crippen molar-refractivity contribution >= 4 is 27.3 Å². The summed E-state index contributed by atoms with van der Waals surface area (Å²) in [5.74, 6) is -0.415. The van der Waals surface area contributed by atoms with Gasteiger partial charge in [0, 0.05) is 25.7 Å². The minimum Gasteiger partial charge on any atom is -0.340 e. The lowest BCUT2D eigenvalue weighted by Gasteiger charge is -2.26. The Hall–Kier alpha value is -3.72. The van der Waals surface area contributed by atoms with E-state index in [2.05, 4.69) is 0 Å². The first-order valence-corrected chi connectivity index (χ1v) is 10.8. The molecule has 8 nitrogen and oxygen atoms in total. The molecule has 3 aromatic carbocycles. The van der Waals surface area contributed by atoms with E-state index < -0.39 is 27.4 Å². The minimum atomic E-state index is -4.07. The van der Waals surface area contributed by atoms with Crippen LogP contribution in [0.25, 0.3) is 0 Å². The summed E-state index contributed by atoms with van der Waals surface area (Å²) in [6.07, 6.45) is 0. The number of amides is 1. The maximum absolute atomic E-state index is 13.3. The summed E-state index contributed by atoms with van der Waals surface area (Å²) in [6, 6.07) is 22.1. The lowest BCUT2D eigenvalue weighted by Crippen LogP contribution is -2.41. The number of non-ortho nitro benzene ring substituents is 1. The molecular formula is C22H21N3O5S. The number of anilines is 1. The fourth-order valence-electron chi connectivity index (χ4n) is 2.96. The monoisotopic (exact) mass is 439 g/mol. The topological polar surface area (TPSA) is 101 Å². The first-order chi connectivity index (χ1) is 14.8. The van der Waals surface area contributed by atoms with Crippen molar-refractivity contribution < 1.29 is 18.1 Å². The van der Waals surface area contributed by atoms with E-state index in [0.29, 0.717) is 6.54 Å². The third-order valence-electron chi connectivity index (χ3n) is 4.65. The van der Waals surface area contributed by atoms with E-state index >= 15 is 0 Å². The van der Waals surface area contributed by atoms with E-state index in [1.165, 1.54) is 41.3 Å². The van der Waals surface area contributed by atoms with Crippen LogP contribution in [0, 0.1) is 10.1 Å². The number of benzene rings is 3. The van der Waals surface area contributed by atoms with Gasteiger partial charge in [-0.3, -0.25) is 19.2 Å². The Morgan fingerprint density at radius 2 is 1.45 bits per heavy atom. The fraction of sp³-hybridized carbons (Fsp3) is 0.136. The van der Waals surface area contributed by atoms with E-state index in [-0.39, 0.29) is 16.3 Å². The van der Waals surface area contributed by atoms with E-state index in [1.807, 2.05) is 30.3 Å². The molecule has 0 saturated heterocycles. The van der Waals surface area contributed by atoms with Crippen LogP contribution >= 0.6 is 0 Å². The van der Waals surface area contributed by atoms with Gasteiger partial charge in [-0.15, -0.1) is 0 Å². The number of likely N-dealkylation sites (N-methyl/N-ethyl adjacent to an activating group) is 1. The van der Waals surface area contributed by atoms with Gasteiger partial charge in [0.05, 0.1) is 15.5 Å². The van der Waals surface area contributed by atoms with Crippen molar-refractivity contribution in [3.05, 3.63) is 101 Å². The van der Waals surface area contributed by atoms with E-state index in [0.717, 1.165) is 9.87 Å². The smallest absolute Gasteiger partial charge is 0.269 e. The zero-order chi connectivity index (χ0) is 22.4. The quantitative estimate of drug-likeness (QED) is 0.395. The normalized spacial score (nSPS) is 11.0. The van der Waals surface area contributed by atoms with Crippen LogP contribution in [0.4, 0.5) is 11.4 Å². The maximum atomic E-state index is 13.3. The number of sulfonamides is 1. The summed E-state index contributed by atoms with van der Waals surface area (Å²) in [5, 5.41) is 11.0. The molecule has 3 aromatic rings. The molecule has 160 valence electrons. The Balaban J connectivity index is 1.92. The summed E-state index contributed by atoms with van der Waals surface area (Å²) < 4.78 is 27.5. The Morgan fingerprint density at radius 1 is 0.903 bits per heavy atom. The van der Waals surface area contributed by atoms with Gasteiger partial charge in [-0.1, -0.05) is 48.5 Å².